The van der Waals surface area contributed by atoms with Crippen molar-refractivity contribution in [1.82, 2.24) is 5.32 Å². The fourth-order valence-electron chi connectivity index (χ4n) is 4.99. The molecule has 1 heterocycles. The topological polar surface area (TPSA) is 119 Å². The lowest BCUT2D eigenvalue weighted by molar-refractivity contribution is -0.124. The van der Waals surface area contributed by atoms with E-state index < -0.39 is 27.4 Å². The molecule has 2 aliphatic rings. The SMILES string of the molecule is CC(CC(Oc1ccc2c(c1)C(C1(c3ccc(Cl)cc3)CCC1)NCC2)C(N)=O)S(=O)(=O)O.Cl. The number of hydrogen-bond donors (Lipinski definition) is 3. The van der Waals surface area contributed by atoms with Gasteiger partial charge in [0.1, 0.15) is 5.75 Å². The highest BCUT2D eigenvalue weighted by Crippen LogP contribution is 2.53. The Labute approximate surface area is 211 Å². The number of benzene rings is 2. The molecule has 0 spiro atoms. The first kappa shape index (κ1) is 26.8. The van der Waals surface area contributed by atoms with Crippen LogP contribution >= 0.6 is 24.0 Å². The standard InChI is InChI=1S/C24H29ClN2O5S.ClH/c1-15(33(29,30)31)13-21(23(26)28)32-19-8-3-16-9-12-27-22(20(16)14-19)24(10-2-11-24)17-4-6-18(25)7-5-17;/h3-8,14-15,21-22,27H,2,9-13H2,1H3,(H2,26,28)(H,29,30,31);1H. The molecule has 10 heteroatoms. The second-order valence-corrected chi connectivity index (χ2v) is 11.4. The second-order valence-electron chi connectivity index (χ2n) is 9.08. The average Bonchev–Trinajstić information content (AvgIpc) is 2.73. The van der Waals surface area contributed by atoms with Crippen molar-refractivity contribution in [2.75, 3.05) is 6.54 Å². The van der Waals surface area contributed by atoms with Gasteiger partial charge in [-0.05, 0) is 73.7 Å². The molecule has 0 saturated heterocycles. The van der Waals surface area contributed by atoms with Crippen LogP contribution in [0, 0.1) is 0 Å². The number of nitrogens with two attached hydrogens (primary N) is 1. The van der Waals surface area contributed by atoms with E-state index >= 15 is 0 Å². The van der Waals surface area contributed by atoms with E-state index in [9.17, 15) is 17.8 Å². The minimum Gasteiger partial charge on any atom is -0.481 e. The quantitative estimate of drug-likeness (QED) is 0.446. The van der Waals surface area contributed by atoms with Gasteiger partial charge in [-0.3, -0.25) is 9.35 Å². The van der Waals surface area contributed by atoms with E-state index in [4.69, 9.17) is 22.1 Å². The molecule has 2 aromatic rings. The predicted molar refractivity (Wildman–Crippen MR) is 134 cm³/mol. The van der Waals surface area contributed by atoms with E-state index in [1.165, 1.54) is 18.1 Å². The summed E-state index contributed by atoms with van der Waals surface area (Å²) < 4.78 is 37.9. The largest absolute Gasteiger partial charge is 0.481 e. The summed E-state index contributed by atoms with van der Waals surface area (Å²) in [5.41, 5.74) is 8.98. The van der Waals surface area contributed by atoms with Crippen molar-refractivity contribution in [3.05, 3.63) is 64.2 Å². The zero-order chi connectivity index (χ0) is 23.8. The van der Waals surface area contributed by atoms with Crippen molar-refractivity contribution >= 4 is 40.0 Å². The first-order valence-corrected chi connectivity index (χ1v) is 13.0. The Hall–Kier alpha value is -1.84. The zero-order valence-corrected chi connectivity index (χ0v) is 21.3. The van der Waals surface area contributed by atoms with Crippen LogP contribution in [0.15, 0.2) is 42.5 Å². The summed E-state index contributed by atoms with van der Waals surface area (Å²) in [6, 6.07) is 13.8. The highest BCUT2D eigenvalue weighted by molar-refractivity contribution is 7.86. The molecule has 7 nitrogen and oxygen atoms in total. The van der Waals surface area contributed by atoms with Gasteiger partial charge in [0.15, 0.2) is 6.10 Å². The summed E-state index contributed by atoms with van der Waals surface area (Å²) in [5, 5.41) is 3.22. The van der Waals surface area contributed by atoms with Crippen molar-refractivity contribution in [2.24, 2.45) is 5.73 Å². The zero-order valence-electron chi connectivity index (χ0n) is 18.9. The Morgan fingerprint density at radius 2 is 1.94 bits per heavy atom. The third-order valence-electron chi connectivity index (χ3n) is 7.04. The normalized spacial score (nSPS) is 20.7. The number of fused-ring (bicyclic) bond motifs is 1. The molecule has 1 amide bonds. The van der Waals surface area contributed by atoms with Gasteiger partial charge >= 0.3 is 0 Å². The van der Waals surface area contributed by atoms with Crippen molar-refractivity contribution < 1.29 is 22.5 Å². The number of halogens is 2. The molecule has 1 fully saturated rings. The summed E-state index contributed by atoms with van der Waals surface area (Å²) >= 11 is 6.13. The third-order valence-corrected chi connectivity index (χ3v) is 8.50. The fourth-order valence-corrected chi connectivity index (χ4v) is 5.53. The molecule has 4 rings (SSSR count). The van der Waals surface area contributed by atoms with Crippen LogP contribution in [-0.2, 0) is 26.7 Å². The minimum absolute atomic E-state index is 0. The predicted octanol–water partition coefficient (Wildman–Crippen LogP) is 3.97. The molecule has 0 aromatic heterocycles. The monoisotopic (exact) mass is 528 g/mol. The van der Waals surface area contributed by atoms with Gasteiger partial charge in [0, 0.05) is 22.9 Å². The molecule has 0 radical (unpaired) electrons. The smallest absolute Gasteiger partial charge is 0.267 e. The molecule has 1 aliphatic carbocycles. The van der Waals surface area contributed by atoms with Gasteiger partial charge in [-0.25, -0.2) is 0 Å². The molecular weight excluding hydrogens is 499 g/mol. The molecule has 2 aromatic carbocycles. The Bertz CT molecular complexity index is 1140. The Morgan fingerprint density at radius 3 is 2.50 bits per heavy atom. The Morgan fingerprint density at radius 1 is 1.26 bits per heavy atom. The van der Waals surface area contributed by atoms with Crippen molar-refractivity contribution in [3.8, 4) is 5.75 Å². The summed E-state index contributed by atoms with van der Waals surface area (Å²) in [5.74, 6) is -0.339. The number of carbonyl (C=O) groups is 1. The van der Waals surface area contributed by atoms with Crippen LogP contribution in [-0.4, -0.2) is 36.8 Å². The van der Waals surface area contributed by atoms with Crippen LogP contribution in [0.5, 0.6) is 5.75 Å². The number of nitrogens with one attached hydrogen (secondary N) is 1. The first-order chi connectivity index (χ1) is 15.6. The first-order valence-electron chi connectivity index (χ1n) is 11.1. The highest BCUT2D eigenvalue weighted by atomic mass is 35.5. The van der Waals surface area contributed by atoms with Crippen LogP contribution in [0.3, 0.4) is 0 Å². The summed E-state index contributed by atoms with van der Waals surface area (Å²) in [4.78, 5) is 11.9. The number of ether oxygens (including phenoxy) is 1. The van der Waals surface area contributed by atoms with Crippen molar-refractivity contribution in [1.29, 1.82) is 0 Å². The van der Waals surface area contributed by atoms with Crippen molar-refractivity contribution in [2.45, 2.75) is 61.8 Å². The molecule has 3 atom stereocenters. The molecule has 34 heavy (non-hydrogen) atoms. The van der Waals surface area contributed by atoms with Gasteiger partial charge in [0.2, 0.25) is 0 Å². The molecule has 4 N–H and O–H groups in total. The summed E-state index contributed by atoms with van der Waals surface area (Å²) in [6.45, 7) is 2.18. The number of primary amides is 1. The number of amides is 1. The molecular formula is C24H30Cl2N2O5S. The Balaban J connectivity index is 0.00000324. The van der Waals surface area contributed by atoms with Crippen molar-refractivity contribution in [3.63, 3.8) is 0 Å². The van der Waals surface area contributed by atoms with Gasteiger partial charge in [0.05, 0.1) is 5.25 Å². The number of carbonyl (C=O) groups excluding carboxylic acids is 1. The van der Waals surface area contributed by atoms with Gasteiger partial charge < -0.3 is 15.8 Å². The molecule has 1 saturated carbocycles. The maximum atomic E-state index is 11.9. The lowest BCUT2D eigenvalue weighted by atomic mass is 9.58. The van der Waals surface area contributed by atoms with Crippen LogP contribution in [0.4, 0.5) is 0 Å². The van der Waals surface area contributed by atoms with E-state index in [0.717, 1.165) is 37.8 Å². The van der Waals surface area contributed by atoms with E-state index in [1.807, 2.05) is 24.3 Å². The highest BCUT2D eigenvalue weighted by Gasteiger charge is 2.47. The third kappa shape index (κ3) is 5.36. The number of hydrogen-bond acceptors (Lipinski definition) is 5. The minimum atomic E-state index is -4.30. The Kier molecular flexibility index (Phi) is 8.20. The summed E-state index contributed by atoms with van der Waals surface area (Å²) in [6.07, 6.45) is 2.70. The van der Waals surface area contributed by atoms with E-state index in [1.54, 1.807) is 6.07 Å². The van der Waals surface area contributed by atoms with Gasteiger partial charge in [0.25, 0.3) is 16.0 Å². The van der Waals surface area contributed by atoms with E-state index in [2.05, 4.69) is 17.4 Å². The average molecular weight is 529 g/mol. The van der Waals surface area contributed by atoms with Crippen LogP contribution in [0.1, 0.15) is 55.3 Å². The lowest BCUT2D eigenvalue weighted by Gasteiger charge is -2.50. The van der Waals surface area contributed by atoms with Gasteiger partial charge in [-0.15, -0.1) is 12.4 Å². The summed E-state index contributed by atoms with van der Waals surface area (Å²) in [7, 11) is -4.30. The lowest BCUT2D eigenvalue weighted by Crippen LogP contribution is -2.49. The molecule has 3 unspecified atom stereocenters. The molecule has 1 aliphatic heterocycles. The second kappa shape index (κ2) is 10.4. The van der Waals surface area contributed by atoms with E-state index in [0.29, 0.717) is 10.8 Å². The maximum Gasteiger partial charge on any atom is 0.267 e. The van der Waals surface area contributed by atoms with E-state index in [-0.39, 0.29) is 30.3 Å². The van der Waals surface area contributed by atoms with Crippen LogP contribution < -0.4 is 15.8 Å². The maximum absolute atomic E-state index is 11.9. The fraction of sp³-hybridized carbons (Fsp3) is 0.458. The van der Waals surface area contributed by atoms with Gasteiger partial charge in [-0.2, -0.15) is 8.42 Å². The molecule has 0 bridgehead atoms. The van der Waals surface area contributed by atoms with Gasteiger partial charge in [-0.1, -0.05) is 36.2 Å². The van der Waals surface area contributed by atoms with Crippen LogP contribution in [0.2, 0.25) is 5.02 Å². The molecule has 186 valence electrons. The van der Waals surface area contributed by atoms with Crippen LogP contribution in [0.25, 0.3) is 0 Å². The number of rotatable bonds is 8.